The molecule has 0 bridgehead atoms. The van der Waals surface area contributed by atoms with E-state index < -0.39 is 0 Å². The minimum absolute atomic E-state index is 0.146. The van der Waals surface area contributed by atoms with E-state index in [1.54, 1.807) is 12.4 Å². The van der Waals surface area contributed by atoms with E-state index in [9.17, 15) is 4.79 Å². The van der Waals surface area contributed by atoms with Crippen LogP contribution in [0.1, 0.15) is 43.4 Å². The Balaban J connectivity index is 0.982. The van der Waals surface area contributed by atoms with E-state index in [1.807, 2.05) is 29.8 Å². The molecule has 1 saturated carbocycles. The monoisotopic (exact) mass is 596 g/mol. The first kappa shape index (κ1) is 27.3. The topological polar surface area (TPSA) is 100 Å². The smallest absolute Gasteiger partial charge is 0.244 e. The van der Waals surface area contributed by atoms with Crippen LogP contribution in [0.15, 0.2) is 36.7 Å². The summed E-state index contributed by atoms with van der Waals surface area (Å²) in [6.07, 6.45) is 10.2. The number of benzene rings is 1. The van der Waals surface area contributed by atoms with Crippen molar-refractivity contribution in [1.82, 2.24) is 29.5 Å². The number of hydrogen-bond donors (Lipinski definition) is 2. The summed E-state index contributed by atoms with van der Waals surface area (Å²) in [6.45, 7) is 6.36. The number of hydrogen-bond acceptors (Lipinski definition) is 8. The number of ether oxygens (including phenoxy) is 1. The molecule has 0 radical (unpaired) electrons. The van der Waals surface area contributed by atoms with Crippen LogP contribution in [0.25, 0.3) is 21.9 Å². The highest BCUT2D eigenvalue weighted by atomic mass is 19.1. The number of nitrogens with zero attached hydrogens (tertiary/aromatic N) is 6. The highest BCUT2D eigenvalue weighted by molar-refractivity contribution is 5.90. The third kappa shape index (κ3) is 4.92. The van der Waals surface area contributed by atoms with E-state index in [1.165, 1.54) is 25.3 Å². The van der Waals surface area contributed by atoms with Crippen LogP contribution in [0, 0.1) is 12.7 Å². The molecule has 3 aliphatic heterocycles. The Morgan fingerprint density at radius 3 is 2.64 bits per heavy atom. The van der Waals surface area contributed by atoms with Crippen LogP contribution in [0.3, 0.4) is 0 Å². The number of nitrogens with one attached hydrogen (secondary N) is 2. The summed E-state index contributed by atoms with van der Waals surface area (Å²) in [5.41, 5.74) is 3.93. The van der Waals surface area contributed by atoms with E-state index in [0.717, 1.165) is 67.3 Å². The SMILES string of the molecule is Cc1c(-c2cc3cc(Nc4cc5n(n4)CC(=O)N(C4CCN(C6CCC6)CC4)CC5)ncc3cc2F)cnc2c1NCCO2. The molecule has 0 atom stereocenters. The molecule has 1 amide bonds. The predicted molar refractivity (Wildman–Crippen MR) is 167 cm³/mol. The Hall–Kier alpha value is -4.25. The van der Waals surface area contributed by atoms with Crippen LogP contribution >= 0.6 is 0 Å². The molecule has 1 aromatic carbocycles. The quantitative estimate of drug-likeness (QED) is 0.336. The lowest BCUT2D eigenvalue weighted by atomic mass is 9.89. The maximum absolute atomic E-state index is 15.3. The van der Waals surface area contributed by atoms with Gasteiger partial charge in [-0.2, -0.15) is 5.10 Å². The zero-order valence-corrected chi connectivity index (χ0v) is 25.0. The van der Waals surface area contributed by atoms with Crippen LogP contribution in [0.5, 0.6) is 5.88 Å². The second-order valence-electron chi connectivity index (χ2n) is 12.5. The van der Waals surface area contributed by atoms with Crippen LogP contribution in [0.4, 0.5) is 21.7 Å². The van der Waals surface area contributed by atoms with Gasteiger partial charge in [0, 0.05) is 85.4 Å². The standard InChI is InChI=1S/C33H37FN8O2/c1-20-27(18-37-33-32(20)35-8-12-44-33)26-13-21-15-29(36-17-22(21)14-28(26)34)38-30-16-25-7-11-41(31(43)19-42(25)39-30)24-5-9-40(10-6-24)23-3-2-4-23/h13-18,23-24,35H,2-12,19H2,1H3,(H,36,38,39). The highest BCUT2D eigenvalue weighted by Crippen LogP contribution is 2.38. The van der Waals surface area contributed by atoms with Gasteiger partial charge in [-0.15, -0.1) is 0 Å². The predicted octanol–water partition coefficient (Wildman–Crippen LogP) is 4.89. The summed E-state index contributed by atoms with van der Waals surface area (Å²) in [6, 6.07) is 8.35. The maximum atomic E-state index is 15.3. The molecular formula is C33H37FN8O2. The summed E-state index contributed by atoms with van der Waals surface area (Å²) >= 11 is 0. The molecule has 44 heavy (non-hydrogen) atoms. The lowest BCUT2D eigenvalue weighted by Crippen LogP contribution is -2.51. The van der Waals surface area contributed by atoms with Crippen molar-refractivity contribution in [2.75, 3.05) is 43.4 Å². The Kier molecular flexibility index (Phi) is 6.85. The maximum Gasteiger partial charge on any atom is 0.244 e. The fourth-order valence-electron chi connectivity index (χ4n) is 7.20. The molecule has 0 spiro atoms. The van der Waals surface area contributed by atoms with Gasteiger partial charge in [0.15, 0.2) is 5.82 Å². The van der Waals surface area contributed by atoms with Crippen molar-refractivity contribution >= 4 is 34.0 Å². The molecule has 2 N–H and O–H groups in total. The number of halogens is 1. The van der Waals surface area contributed by atoms with Crippen molar-refractivity contribution in [1.29, 1.82) is 0 Å². The molecule has 2 fully saturated rings. The number of piperidine rings is 1. The zero-order chi connectivity index (χ0) is 29.8. The van der Waals surface area contributed by atoms with Crippen LogP contribution < -0.4 is 15.4 Å². The number of rotatable bonds is 5. The second-order valence-corrected chi connectivity index (χ2v) is 12.5. The van der Waals surface area contributed by atoms with Crippen LogP contribution in [-0.4, -0.2) is 80.3 Å². The van der Waals surface area contributed by atoms with Crippen LogP contribution in [-0.2, 0) is 17.8 Å². The molecule has 6 heterocycles. The molecule has 4 aromatic rings. The van der Waals surface area contributed by atoms with Gasteiger partial charge in [-0.05, 0) is 61.8 Å². The van der Waals surface area contributed by atoms with Crippen molar-refractivity contribution in [2.24, 2.45) is 0 Å². The number of anilines is 3. The summed E-state index contributed by atoms with van der Waals surface area (Å²) in [5, 5.41) is 12.9. The minimum atomic E-state index is -0.331. The number of aromatic nitrogens is 4. The normalized spacial score (nSPS) is 19.5. The van der Waals surface area contributed by atoms with E-state index in [0.29, 0.717) is 53.2 Å². The van der Waals surface area contributed by atoms with E-state index in [-0.39, 0.29) is 18.3 Å². The van der Waals surface area contributed by atoms with Gasteiger partial charge < -0.3 is 25.2 Å². The Bertz CT molecular complexity index is 1740. The third-order valence-corrected chi connectivity index (χ3v) is 9.91. The van der Waals surface area contributed by atoms with Gasteiger partial charge in [-0.25, -0.2) is 14.4 Å². The fraction of sp³-hybridized carbons (Fsp3) is 0.455. The van der Waals surface area contributed by atoms with E-state index in [4.69, 9.17) is 9.84 Å². The average Bonchev–Trinajstić information content (AvgIpc) is 3.30. The molecule has 11 heteroatoms. The number of carbonyl (C=O) groups excluding carboxylic acids is 1. The van der Waals surface area contributed by atoms with E-state index in [2.05, 4.69) is 30.4 Å². The first-order valence-electron chi connectivity index (χ1n) is 15.8. The molecule has 1 aliphatic carbocycles. The fourth-order valence-corrected chi connectivity index (χ4v) is 7.20. The number of fused-ring (bicyclic) bond motifs is 3. The van der Waals surface area contributed by atoms with Crippen molar-refractivity contribution < 1.29 is 13.9 Å². The molecule has 8 rings (SSSR count). The molecule has 3 aromatic heterocycles. The van der Waals surface area contributed by atoms with Gasteiger partial charge in [-0.3, -0.25) is 9.48 Å². The van der Waals surface area contributed by atoms with E-state index >= 15 is 4.39 Å². The average molecular weight is 597 g/mol. The van der Waals surface area contributed by atoms with Gasteiger partial charge in [0.05, 0.1) is 0 Å². The summed E-state index contributed by atoms with van der Waals surface area (Å²) in [4.78, 5) is 27.0. The first-order valence-corrected chi connectivity index (χ1v) is 15.8. The van der Waals surface area contributed by atoms with Gasteiger partial charge >= 0.3 is 0 Å². The summed E-state index contributed by atoms with van der Waals surface area (Å²) in [7, 11) is 0. The van der Waals surface area contributed by atoms with Crippen molar-refractivity contribution in [3.8, 4) is 17.0 Å². The van der Waals surface area contributed by atoms with Gasteiger partial charge in [0.2, 0.25) is 11.8 Å². The molecule has 10 nitrogen and oxygen atoms in total. The largest absolute Gasteiger partial charge is 0.474 e. The summed E-state index contributed by atoms with van der Waals surface area (Å²) < 4.78 is 22.8. The molecule has 1 saturated heterocycles. The Labute approximate surface area is 255 Å². The number of likely N-dealkylation sites (tertiary alicyclic amines) is 1. The first-order chi connectivity index (χ1) is 21.5. The number of amides is 1. The van der Waals surface area contributed by atoms with Crippen LogP contribution in [0.2, 0.25) is 0 Å². The molecular weight excluding hydrogens is 559 g/mol. The zero-order valence-electron chi connectivity index (χ0n) is 25.0. The number of carbonyl (C=O) groups is 1. The van der Waals surface area contributed by atoms with Crippen molar-refractivity contribution in [3.05, 3.63) is 53.7 Å². The lowest BCUT2D eigenvalue weighted by molar-refractivity contribution is -0.135. The molecule has 4 aliphatic rings. The molecule has 228 valence electrons. The highest BCUT2D eigenvalue weighted by Gasteiger charge is 2.34. The van der Waals surface area contributed by atoms with Gasteiger partial charge in [-0.1, -0.05) is 6.42 Å². The van der Waals surface area contributed by atoms with Crippen molar-refractivity contribution in [2.45, 2.75) is 64.1 Å². The molecule has 0 unspecified atom stereocenters. The Morgan fingerprint density at radius 2 is 1.82 bits per heavy atom. The lowest BCUT2D eigenvalue weighted by Gasteiger charge is -2.44. The number of pyridine rings is 2. The van der Waals surface area contributed by atoms with Gasteiger partial charge in [0.1, 0.15) is 30.5 Å². The second kappa shape index (κ2) is 11.0. The van der Waals surface area contributed by atoms with Crippen molar-refractivity contribution in [3.63, 3.8) is 0 Å². The van der Waals surface area contributed by atoms with Gasteiger partial charge in [0.25, 0.3) is 0 Å². The summed E-state index contributed by atoms with van der Waals surface area (Å²) in [5.74, 6) is 1.61. The minimum Gasteiger partial charge on any atom is -0.474 e. The Morgan fingerprint density at radius 1 is 0.955 bits per heavy atom. The third-order valence-electron chi connectivity index (χ3n) is 9.91.